The number of amides is 1. The Morgan fingerprint density at radius 3 is 2.52 bits per heavy atom. The van der Waals surface area contributed by atoms with Crippen LogP contribution in [-0.4, -0.2) is 25.6 Å². The van der Waals surface area contributed by atoms with Crippen molar-refractivity contribution < 1.29 is 9.53 Å². The van der Waals surface area contributed by atoms with Gasteiger partial charge in [0.15, 0.2) is 0 Å². The highest BCUT2D eigenvalue weighted by atomic mass is 16.5. The van der Waals surface area contributed by atoms with Crippen LogP contribution < -0.4 is 15.4 Å². The maximum absolute atomic E-state index is 12.4. The van der Waals surface area contributed by atoms with Crippen LogP contribution in [0.15, 0.2) is 24.3 Å². The summed E-state index contributed by atoms with van der Waals surface area (Å²) in [5, 5.41) is 6.76. The molecule has 0 bridgehead atoms. The average Bonchev–Trinajstić information content (AvgIpc) is 3.45. The summed E-state index contributed by atoms with van der Waals surface area (Å²) in [5.74, 6) is 2.92. The van der Waals surface area contributed by atoms with Gasteiger partial charge in [0.25, 0.3) is 0 Å². The Morgan fingerprint density at radius 1 is 1.16 bits per heavy atom. The Balaban J connectivity index is 1.53. The predicted octanol–water partition coefficient (Wildman–Crippen LogP) is 3.68. The third kappa shape index (κ3) is 4.75. The van der Waals surface area contributed by atoms with Crippen LogP contribution >= 0.6 is 0 Å². The van der Waals surface area contributed by atoms with Crippen molar-refractivity contribution in [3.8, 4) is 5.75 Å². The van der Waals surface area contributed by atoms with Crippen LogP contribution in [0, 0.1) is 17.8 Å². The van der Waals surface area contributed by atoms with Crippen LogP contribution in [0.3, 0.4) is 0 Å². The Kier molecular flexibility index (Phi) is 6.00. The molecule has 1 aromatic rings. The Hall–Kier alpha value is -1.55. The lowest BCUT2D eigenvalue weighted by atomic mass is 9.78. The molecule has 0 aromatic heterocycles. The molecular weight excluding hydrogens is 312 g/mol. The molecule has 25 heavy (non-hydrogen) atoms. The molecule has 0 heterocycles. The number of ether oxygens (including phenoxy) is 1. The summed E-state index contributed by atoms with van der Waals surface area (Å²) in [7, 11) is 1.68. The summed E-state index contributed by atoms with van der Waals surface area (Å²) < 4.78 is 5.24. The molecule has 2 fully saturated rings. The summed E-state index contributed by atoms with van der Waals surface area (Å²) in [6.45, 7) is 4.96. The van der Waals surface area contributed by atoms with Crippen molar-refractivity contribution in [1.29, 1.82) is 0 Å². The first-order chi connectivity index (χ1) is 12.1. The third-order valence-corrected chi connectivity index (χ3v) is 6.10. The van der Waals surface area contributed by atoms with Crippen molar-refractivity contribution in [2.75, 3.05) is 13.7 Å². The number of rotatable bonds is 7. The quantitative estimate of drug-likeness (QED) is 0.793. The van der Waals surface area contributed by atoms with Crippen LogP contribution in [0.5, 0.6) is 5.75 Å². The van der Waals surface area contributed by atoms with Gasteiger partial charge in [-0.15, -0.1) is 0 Å². The maximum atomic E-state index is 12.4. The molecule has 4 nitrogen and oxygen atoms in total. The minimum Gasteiger partial charge on any atom is -0.497 e. The molecule has 1 aromatic carbocycles. The molecule has 4 heteroatoms. The Morgan fingerprint density at radius 2 is 1.88 bits per heavy atom. The van der Waals surface area contributed by atoms with Gasteiger partial charge in [0, 0.05) is 12.1 Å². The molecule has 0 saturated heterocycles. The molecule has 4 atom stereocenters. The van der Waals surface area contributed by atoms with Crippen molar-refractivity contribution in [3.05, 3.63) is 29.8 Å². The fraction of sp³-hybridized carbons (Fsp3) is 0.667. The lowest BCUT2D eigenvalue weighted by Gasteiger charge is -2.34. The molecule has 2 aliphatic carbocycles. The molecule has 0 aliphatic heterocycles. The number of carbonyl (C=O) groups excluding carboxylic acids is 1. The molecule has 3 rings (SSSR count). The van der Waals surface area contributed by atoms with Crippen LogP contribution in [0.1, 0.15) is 57.6 Å². The normalized spacial score (nSPS) is 27.6. The summed E-state index contributed by atoms with van der Waals surface area (Å²) in [6.07, 6.45) is 6.10. The highest BCUT2D eigenvalue weighted by Gasteiger charge is 2.33. The second-order valence-electron chi connectivity index (χ2n) is 7.91. The fourth-order valence-electron chi connectivity index (χ4n) is 4.04. The number of hydrogen-bond acceptors (Lipinski definition) is 3. The number of methoxy groups -OCH3 is 1. The van der Waals surface area contributed by atoms with Gasteiger partial charge in [-0.1, -0.05) is 38.8 Å². The van der Waals surface area contributed by atoms with E-state index < -0.39 is 0 Å². The van der Waals surface area contributed by atoms with Gasteiger partial charge in [-0.2, -0.15) is 0 Å². The van der Waals surface area contributed by atoms with Gasteiger partial charge in [-0.05, 0) is 54.7 Å². The molecule has 2 saturated carbocycles. The monoisotopic (exact) mass is 344 g/mol. The molecule has 4 unspecified atom stereocenters. The van der Waals surface area contributed by atoms with E-state index in [-0.39, 0.29) is 11.9 Å². The predicted molar refractivity (Wildman–Crippen MR) is 101 cm³/mol. The largest absolute Gasteiger partial charge is 0.497 e. The topological polar surface area (TPSA) is 50.4 Å². The van der Waals surface area contributed by atoms with Crippen molar-refractivity contribution in [3.63, 3.8) is 0 Å². The molecular formula is C21H32N2O2. The van der Waals surface area contributed by atoms with Crippen LogP contribution in [0.2, 0.25) is 0 Å². The van der Waals surface area contributed by atoms with Gasteiger partial charge < -0.3 is 15.4 Å². The van der Waals surface area contributed by atoms with Gasteiger partial charge in [0.05, 0.1) is 13.7 Å². The van der Waals surface area contributed by atoms with E-state index >= 15 is 0 Å². The smallest absolute Gasteiger partial charge is 0.234 e. The van der Waals surface area contributed by atoms with E-state index in [0.717, 1.165) is 12.2 Å². The molecule has 1 amide bonds. The van der Waals surface area contributed by atoms with E-state index in [1.165, 1.54) is 31.2 Å². The van der Waals surface area contributed by atoms with E-state index in [1.54, 1.807) is 7.11 Å². The molecule has 2 aliphatic rings. The number of carbonyl (C=O) groups is 1. The second kappa shape index (κ2) is 8.22. The molecule has 0 radical (unpaired) electrons. The number of benzene rings is 1. The second-order valence-corrected chi connectivity index (χ2v) is 7.91. The van der Waals surface area contributed by atoms with E-state index in [1.807, 2.05) is 12.1 Å². The molecule has 138 valence electrons. The van der Waals surface area contributed by atoms with E-state index in [9.17, 15) is 4.79 Å². The van der Waals surface area contributed by atoms with Crippen molar-refractivity contribution in [1.82, 2.24) is 10.6 Å². The highest BCUT2D eigenvalue weighted by Crippen LogP contribution is 2.41. The molecule has 2 N–H and O–H groups in total. The van der Waals surface area contributed by atoms with Gasteiger partial charge in [0.2, 0.25) is 5.91 Å². The number of hydrogen-bond donors (Lipinski definition) is 2. The minimum atomic E-state index is 0.130. The zero-order chi connectivity index (χ0) is 17.8. The van der Waals surface area contributed by atoms with Crippen LogP contribution in [-0.2, 0) is 4.79 Å². The summed E-state index contributed by atoms with van der Waals surface area (Å²) in [5.41, 5.74) is 1.25. The average molecular weight is 344 g/mol. The van der Waals surface area contributed by atoms with Crippen molar-refractivity contribution in [2.45, 2.75) is 58.0 Å². The van der Waals surface area contributed by atoms with E-state index in [4.69, 9.17) is 4.74 Å². The first kappa shape index (κ1) is 18.2. The van der Waals surface area contributed by atoms with Crippen LogP contribution in [0.4, 0.5) is 0 Å². The third-order valence-electron chi connectivity index (χ3n) is 6.10. The molecule has 0 spiro atoms. The lowest BCUT2D eigenvalue weighted by Crippen LogP contribution is -2.47. The summed E-state index contributed by atoms with van der Waals surface area (Å²) >= 11 is 0. The van der Waals surface area contributed by atoms with E-state index in [0.29, 0.717) is 30.3 Å². The van der Waals surface area contributed by atoms with Crippen molar-refractivity contribution >= 4 is 5.91 Å². The maximum Gasteiger partial charge on any atom is 0.234 e. The Bertz CT molecular complexity index is 568. The van der Waals surface area contributed by atoms with Crippen molar-refractivity contribution in [2.24, 2.45) is 17.8 Å². The number of nitrogens with one attached hydrogen (secondary N) is 2. The van der Waals surface area contributed by atoms with Crippen LogP contribution in [0.25, 0.3) is 0 Å². The summed E-state index contributed by atoms with van der Waals surface area (Å²) in [6, 6.07) is 8.81. The van der Waals surface area contributed by atoms with E-state index in [2.05, 4.69) is 36.6 Å². The van der Waals surface area contributed by atoms with Gasteiger partial charge in [0.1, 0.15) is 5.75 Å². The standard InChI is InChI=1S/C21H32N2O2/c1-14-5-4-6-19(15(14)2)23-20(24)13-22-21(16-7-8-16)17-9-11-18(25-3)12-10-17/h9-12,14-16,19,21-22H,4-8,13H2,1-3H3,(H,23,24). The highest BCUT2D eigenvalue weighted by molar-refractivity contribution is 5.78. The fourth-order valence-corrected chi connectivity index (χ4v) is 4.04. The Labute approximate surface area is 151 Å². The van der Waals surface area contributed by atoms with Gasteiger partial charge in [-0.25, -0.2) is 0 Å². The minimum absolute atomic E-state index is 0.130. The zero-order valence-corrected chi connectivity index (χ0v) is 15.8. The van der Waals surface area contributed by atoms with Gasteiger partial charge >= 0.3 is 0 Å². The summed E-state index contributed by atoms with van der Waals surface area (Å²) in [4.78, 5) is 12.4. The SMILES string of the molecule is COc1ccc(C(NCC(=O)NC2CCCC(C)C2C)C2CC2)cc1. The zero-order valence-electron chi connectivity index (χ0n) is 15.8. The first-order valence-corrected chi connectivity index (χ1v) is 9.75. The lowest BCUT2D eigenvalue weighted by molar-refractivity contribution is -0.121. The van der Waals surface area contributed by atoms with Gasteiger partial charge in [-0.3, -0.25) is 4.79 Å². The first-order valence-electron chi connectivity index (χ1n) is 9.75.